The van der Waals surface area contributed by atoms with Crippen LogP contribution in [0.5, 0.6) is 0 Å². The Morgan fingerprint density at radius 1 is 0.737 bits per heavy atom. The SMILES string of the molecule is O=S(=O)(c1cccc(N2CN(S(=O)(=O)c3ccc(Cl)cc3)c3nc4ccccc4nc32)c1)N1CCOCC1. The number of sulfonamides is 2. The van der Waals surface area contributed by atoms with Gasteiger partial charge >= 0.3 is 0 Å². The zero-order valence-corrected chi connectivity index (χ0v) is 22.3. The number of rotatable bonds is 5. The van der Waals surface area contributed by atoms with Gasteiger partial charge in [-0.1, -0.05) is 29.8 Å². The molecule has 4 aromatic rings. The smallest absolute Gasteiger partial charge is 0.267 e. The van der Waals surface area contributed by atoms with Crippen molar-refractivity contribution in [1.29, 1.82) is 0 Å². The van der Waals surface area contributed by atoms with E-state index >= 15 is 0 Å². The first-order valence-electron chi connectivity index (χ1n) is 11.8. The molecule has 38 heavy (non-hydrogen) atoms. The summed E-state index contributed by atoms with van der Waals surface area (Å²) in [5, 5.41) is 0.413. The monoisotopic (exact) mass is 571 g/mol. The maximum absolute atomic E-state index is 13.7. The van der Waals surface area contributed by atoms with Gasteiger partial charge in [0.2, 0.25) is 10.0 Å². The second kappa shape index (κ2) is 9.47. The van der Waals surface area contributed by atoms with Gasteiger partial charge in [0.15, 0.2) is 11.6 Å². The van der Waals surface area contributed by atoms with Gasteiger partial charge in [0, 0.05) is 23.8 Å². The first-order valence-corrected chi connectivity index (χ1v) is 15.0. The van der Waals surface area contributed by atoms with Crippen LogP contribution in [0.15, 0.2) is 82.6 Å². The summed E-state index contributed by atoms with van der Waals surface area (Å²) >= 11 is 5.98. The number of para-hydroxylation sites is 2. The average molecular weight is 572 g/mol. The third-order valence-corrected chi connectivity index (χ3v) is 10.3. The minimum absolute atomic E-state index is 0.0494. The van der Waals surface area contributed by atoms with Crippen molar-refractivity contribution < 1.29 is 21.6 Å². The number of hydrogen-bond acceptors (Lipinski definition) is 8. The fourth-order valence-corrected chi connectivity index (χ4v) is 7.39. The maximum Gasteiger partial charge on any atom is 0.267 e. The van der Waals surface area contributed by atoms with E-state index in [0.717, 1.165) is 0 Å². The molecule has 1 aromatic heterocycles. The quantitative estimate of drug-likeness (QED) is 0.357. The highest BCUT2D eigenvalue weighted by Crippen LogP contribution is 2.42. The van der Waals surface area contributed by atoms with Crippen LogP contribution in [0, 0.1) is 0 Å². The van der Waals surface area contributed by atoms with E-state index in [1.54, 1.807) is 35.2 Å². The number of hydrogen-bond donors (Lipinski definition) is 0. The van der Waals surface area contributed by atoms with Crippen LogP contribution in [0.4, 0.5) is 17.3 Å². The number of ether oxygens (including phenoxy) is 1. The molecular formula is C25H22ClN5O5S2. The molecule has 6 rings (SSSR count). The van der Waals surface area contributed by atoms with Gasteiger partial charge in [0.1, 0.15) is 6.67 Å². The largest absolute Gasteiger partial charge is 0.379 e. The summed E-state index contributed by atoms with van der Waals surface area (Å²) in [7, 11) is -7.81. The van der Waals surface area contributed by atoms with Gasteiger partial charge in [0.05, 0.1) is 34.0 Å². The van der Waals surface area contributed by atoms with Gasteiger partial charge in [-0.2, -0.15) is 4.31 Å². The molecule has 1 saturated heterocycles. The molecule has 0 saturated carbocycles. The Kier molecular flexibility index (Phi) is 6.23. The zero-order valence-electron chi connectivity index (χ0n) is 19.9. The maximum atomic E-state index is 13.7. The molecule has 2 aliphatic rings. The summed E-state index contributed by atoms with van der Waals surface area (Å²) in [5.41, 5.74) is 1.59. The molecule has 0 N–H and O–H groups in total. The van der Waals surface area contributed by atoms with Crippen molar-refractivity contribution in [2.75, 3.05) is 42.2 Å². The summed E-state index contributed by atoms with van der Waals surface area (Å²) in [5.74, 6) is 0.460. The summed E-state index contributed by atoms with van der Waals surface area (Å²) in [6.07, 6.45) is 0. The predicted molar refractivity (Wildman–Crippen MR) is 144 cm³/mol. The summed E-state index contributed by atoms with van der Waals surface area (Å²) in [6.45, 7) is 1.06. The Morgan fingerprint density at radius 3 is 2.08 bits per heavy atom. The van der Waals surface area contributed by atoms with Crippen molar-refractivity contribution in [2.24, 2.45) is 0 Å². The topological polar surface area (TPSA) is 113 Å². The Labute approximate surface area is 225 Å². The van der Waals surface area contributed by atoms with E-state index in [9.17, 15) is 16.8 Å². The minimum atomic E-state index is -4.04. The molecule has 0 amide bonds. The Hall–Kier alpha value is -3.29. The summed E-state index contributed by atoms with van der Waals surface area (Å²) in [4.78, 5) is 11.2. The molecule has 13 heteroatoms. The molecule has 0 unspecified atom stereocenters. The molecule has 2 aliphatic heterocycles. The minimum Gasteiger partial charge on any atom is -0.379 e. The average Bonchev–Trinajstić information content (AvgIpc) is 3.32. The lowest BCUT2D eigenvalue weighted by atomic mass is 10.3. The number of benzene rings is 3. The van der Waals surface area contributed by atoms with Crippen LogP contribution in [0.3, 0.4) is 0 Å². The van der Waals surface area contributed by atoms with Crippen molar-refractivity contribution >= 4 is 60.0 Å². The van der Waals surface area contributed by atoms with Gasteiger partial charge in [-0.25, -0.2) is 31.1 Å². The second-order valence-electron chi connectivity index (χ2n) is 8.75. The fourth-order valence-electron chi connectivity index (χ4n) is 4.47. The molecule has 0 spiro atoms. The van der Waals surface area contributed by atoms with Gasteiger partial charge in [-0.05, 0) is 54.6 Å². The zero-order chi connectivity index (χ0) is 26.5. The molecule has 0 atom stereocenters. The lowest BCUT2D eigenvalue weighted by molar-refractivity contribution is 0.0730. The normalized spacial score (nSPS) is 16.7. The number of halogens is 1. The van der Waals surface area contributed by atoms with E-state index in [1.165, 1.54) is 45.0 Å². The lowest BCUT2D eigenvalue weighted by Crippen LogP contribution is -2.40. The van der Waals surface area contributed by atoms with Crippen molar-refractivity contribution in [3.8, 4) is 0 Å². The molecule has 10 nitrogen and oxygen atoms in total. The molecule has 0 bridgehead atoms. The molecule has 1 fully saturated rings. The lowest BCUT2D eigenvalue weighted by Gasteiger charge is -2.26. The van der Waals surface area contributed by atoms with Crippen LogP contribution in [-0.4, -0.2) is 64.1 Å². The van der Waals surface area contributed by atoms with Gasteiger partial charge in [-0.15, -0.1) is 0 Å². The molecule has 3 aromatic carbocycles. The van der Waals surface area contributed by atoms with Crippen LogP contribution >= 0.6 is 11.6 Å². The number of aromatic nitrogens is 2. The van der Waals surface area contributed by atoms with Crippen LogP contribution < -0.4 is 9.21 Å². The van der Waals surface area contributed by atoms with Crippen molar-refractivity contribution in [1.82, 2.24) is 14.3 Å². The van der Waals surface area contributed by atoms with Crippen LogP contribution in [0.2, 0.25) is 5.02 Å². The number of morpholine rings is 1. The highest BCUT2D eigenvalue weighted by molar-refractivity contribution is 7.92. The highest BCUT2D eigenvalue weighted by Gasteiger charge is 2.39. The first kappa shape index (κ1) is 25.0. The number of anilines is 3. The van der Waals surface area contributed by atoms with Crippen LogP contribution in [0.25, 0.3) is 11.0 Å². The van der Waals surface area contributed by atoms with Gasteiger partial charge < -0.3 is 9.64 Å². The number of fused-ring (bicyclic) bond motifs is 2. The Bertz CT molecular complexity index is 1740. The van der Waals surface area contributed by atoms with E-state index in [2.05, 4.69) is 4.98 Å². The first-order chi connectivity index (χ1) is 18.2. The van der Waals surface area contributed by atoms with Crippen LogP contribution in [-0.2, 0) is 24.8 Å². The highest BCUT2D eigenvalue weighted by atomic mass is 35.5. The predicted octanol–water partition coefficient (Wildman–Crippen LogP) is 3.61. The third kappa shape index (κ3) is 4.28. The standard InChI is InChI=1S/C25H22ClN5O5S2/c26-18-8-10-20(11-9-18)38(34,35)31-17-30(24-25(31)28-23-7-2-1-6-22(23)27-24)19-4-3-5-21(16-19)37(32,33)29-12-14-36-15-13-29/h1-11,16H,12-15,17H2. The van der Waals surface area contributed by atoms with Crippen molar-refractivity contribution in [2.45, 2.75) is 9.79 Å². The van der Waals surface area contributed by atoms with Gasteiger partial charge in [0.25, 0.3) is 10.0 Å². The Morgan fingerprint density at radius 2 is 1.39 bits per heavy atom. The van der Waals surface area contributed by atoms with Crippen molar-refractivity contribution in [3.05, 3.63) is 77.8 Å². The summed E-state index contributed by atoms with van der Waals surface area (Å²) < 4.78 is 62.0. The van der Waals surface area contributed by atoms with E-state index < -0.39 is 20.0 Å². The molecule has 3 heterocycles. The van der Waals surface area contributed by atoms with Crippen molar-refractivity contribution in [3.63, 3.8) is 0 Å². The van der Waals surface area contributed by atoms with E-state index in [1.807, 2.05) is 6.07 Å². The van der Waals surface area contributed by atoms with Gasteiger partial charge in [-0.3, -0.25) is 0 Å². The molecule has 0 radical (unpaired) electrons. The van der Waals surface area contributed by atoms with E-state index in [4.69, 9.17) is 21.3 Å². The Balaban J connectivity index is 1.46. The number of nitrogens with zero attached hydrogens (tertiary/aromatic N) is 5. The second-order valence-corrected chi connectivity index (χ2v) is 13.0. The van der Waals surface area contributed by atoms with Crippen LogP contribution in [0.1, 0.15) is 0 Å². The molecule has 0 aliphatic carbocycles. The fraction of sp³-hybridized carbons (Fsp3) is 0.200. The molecular weight excluding hydrogens is 550 g/mol. The molecule has 196 valence electrons. The third-order valence-electron chi connectivity index (χ3n) is 6.43. The van der Waals surface area contributed by atoms with E-state index in [0.29, 0.717) is 40.8 Å². The summed E-state index contributed by atoms with van der Waals surface area (Å²) in [6, 6.07) is 19.5. The van der Waals surface area contributed by atoms with E-state index in [-0.39, 0.29) is 35.4 Å².